The first kappa shape index (κ1) is 11.9. The van der Waals surface area contributed by atoms with Crippen LogP contribution in [0.25, 0.3) is 0 Å². The zero-order valence-electron chi connectivity index (χ0n) is 8.98. The van der Waals surface area contributed by atoms with Crippen molar-refractivity contribution in [1.29, 1.82) is 0 Å². The molecule has 14 heavy (non-hydrogen) atoms. The van der Waals surface area contributed by atoms with Crippen molar-refractivity contribution in [1.82, 2.24) is 4.90 Å². The third-order valence-corrected chi connectivity index (χ3v) is 3.18. The van der Waals surface area contributed by atoms with Crippen molar-refractivity contribution in [3.8, 4) is 0 Å². The molecule has 0 aliphatic carbocycles. The molecule has 4 heteroatoms. The van der Waals surface area contributed by atoms with E-state index < -0.39 is 12.2 Å². The van der Waals surface area contributed by atoms with Crippen molar-refractivity contribution in [2.75, 3.05) is 26.2 Å². The molecule has 0 aromatic rings. The van der Waals surface area contributed by atoms with Crippen LogP contribution in [0.5, 0.6) is 0 Å². The largest absolute Gasteiger partial charge is 0.396 e. The summed E-state index contributed by atoms with van der Waals surface area (Å²) in [6.07, 6.45) is -0.365. The predicted octanol–water partition coefficient (Wildman–Crippen LogP) is -0.568. The number of likely N-dealkylation sites (tertiary alicyclic amines) is 1. The first-order valence-corrected chi connectivity index (χ1v) is 5.20. The van der Waals surface area contributed by atoms with Crippen molar-refractivity contribution in [3.63, 3.8) is 0 Å². The zero-order chi connectivity index (χ0) is 10.8. The lowest BCUT2D eigenvalue weighted by atomic mass is 9.88. The lowest BCUT2D eigenvalue weighted by Crippen LogP contribution is -2.37. The van der Waals surface area contributed by atoms with Gasteiger partial charge in [-0.15, -0.1) is 0 Å². The monoisotopic (exact) mass is 203 g/mol. The molecule has 1 heterocycles. The van der Waals surface area contributed by atoms with Gasteiger partial charge in [0.15, 0.2) is 0 Å². The maximum absolute atomic E-state index is 9.36. The lowest BCUT2D eigenvalue weighted by Gasteiger charge is -2.30. The second-order valence-electron chi connectivity index (χ2n) is 4.65. The third-order valence-electron chi connectivity index (χ3n) is 3.18. The van der Waals surface area contributed by atoms with Gasteiger partial charge in [0.25, 0.3) is 0 Å². The number of aliphatic hydroxyl groups is 3. The summed E-state index contributed by atoms with van der Waals surface area (Å²) in [5, 5.41) is 27.9. The van der Waals surface area contributed by atoms with Gasteiger partial charge in [0.2, 0.25) is 0 Å². The SMILES string of the molecule is CCC(C)(CO)CN1CC(O)C(O)C1. The highest BCUT2D eigenvalue weighted by Gasteiger charge is 2.33. The fourth-order valence-corrected chi connectivity index (χ4v) is 1.79. The van der Waals surface area contributed by atoms with Crippen molar-refractivity contribution >= 4 is 0 Å². The van der Waals surface area contributed by atoms with Crippen LogP contribution in [0.3, 0.4) is 0 Å². The first-order chi connectivity index (χ1) is 6.50. The molecule has 0 radical (unpaired) electrons. The summed E-state index contributed by atoms with van der Waals surface area (Å²) in [7, 11) is 0. The van der Waals surface area contributed by atoms with Gasteiger partial charge in [0.1, 0.15) is 0 Å². The molecule has 1 saturated heterocycles. The predicted molar refractivity (Wildman–Crippen MR) is 53.9 cm³/mol. The van der Waals surface area contributed by atoms with Crippen LogP contribution >= 0.6 is 0 Å². The van der Waals surface area contributed by atoms with E-state index in [-0.39, 0.29) is 12.0 Å². The molecule has 3 unspecified atom stereocenters. The summed E-state index contributed by atoms with van der Waals surface area (Å²) in [6, 6.07) is 0. The van der Waals surface area contributed by atoms with Crippen LogP contribution in [0, 0.1) is 5.41 Å². The van der Waals surface area contributed by atoms with Crippen molar-refractivity contribution in [3.05, 3.63) is 0 Å². The standard InChI is InChI=1S/C10H21NO3/c1-3-10(2,7-12)6-11-4-8(13)9(14)5-11/h8-9,12-14H,3-7H2,1-2H3. The minimum atomic E-state index is -0.630. The van der Waals surface area contributed by atoms with E-state index in [0.29, 0.717) is 13.1 Å². The number of hydrogen-bond donors (Lipinski definition) is 3. The summed E-state index contributed by atoms with van der Waals surface area (Å²) >= 11 is 0. The van der Waals surface area contributed by atoms with E-state index >= 15 is 0 Å². The Hall–Kier alpha value is -0.160. The Kier molecular flexibility index (Phi) is 3.89. The third kappa shape index (κ3) is 2.67. The lowest BCUT2D eigenvalue weighted by molar-refractivity contribution is 0.0572. The Labute approximate surface area is 85.2 Å². The van der Waals surface area contributed by atoms with E-state index in [1.807, 2.05) is 18.7 Å². The molecule has 3 N–H and O–H groups in total. The molecule has 1 aliphatic rings. The van der Waals surface area contributed by atoms with Crippen LogP contribution in [-0.4, -0.2) is 58.7 Å². The van der Waals surface area contributed by atoms with Gasteiger partial charge >= 0.3 is 0 Å². The molecule has 0 spiro atoms. The second kappa shape index (κ2) is 4.57. The van der Waals surface area contributed by atoms with E-state index in [0.717, 1.165) is 13.0 Å². The van der Waals surface area contributed by atoms with Gasteiger partial charge in [-0.2, -0.15) is 0 Å². The van der Waals surface area contributed by atoms with E-state index in [2.05, 4.69) is 0 Å². The van der Waals surface area contributed by atoms with Crippen molar-refractivity contribution in [2.24, 2.45) is 5.41 Å². The van der Waals surface area contributed by atoms with Crippen LogP contribution in [0.1, 0.15) is 20.3 Å². The highest BCUT2D eigenvalue weighted by molar-refractivity contribution is 4.87. The number of β-amino-alcohol motifs (C(OH)–C–C–N with tert-alkyl or cyclic N) is 2. The van der Waals surface area contributed by atoms with Crippen LogP contribution in [-0.2, 0) is 0 Å². The fraction of sp³-hybridized carbons (Fsp3) is 1.00. The Bertz CT molecular complexity index is 172. The molecule has 0 amide bonds. The molecule has 1 aliphatic heterocycles. The van der Waals surface area contributed by atoms with E-state index in [1.165, 1.54) is 0 Å². The molecule has 3 atom stereocenters. The molecule has 0 aromatic carbocycles. The number of hydrogen-bond acceptors (Lipinski definition) is 4. The Morgan fingerprint density at radius 3 is 2.14 bits per heavy atom. The minimum absolute atomic E-state index is 0.121. The van der Waals surface area contributed by atoms with E-state index in [4.69, 9.17) is 0 Å². The number of aliphatic hydroxyl groups excluding tert-OH is 3. The summed E-state index contributed by atoms with van der Waals surface area (Å²) in [4.78, 5) is 2.01. The Balaban J connectivity index is 2.45. The topological polar surface area (TPSA) is 63.9 Å². The molecule has 0 saturated carbocycles. The molecule has 1 fully saturated rings. The van der Waals surface area contributed by atoms with Gasteiger partial charge in [-0.3, -0.25) is 4.90 Å². The number of nitrogens with zero attached hydrogens (tertiary/aromatic N) is 1. The molecule has 1 rings (SSSR count). The maximum atomic E-state index is 9.36. The van der Waals surface area contributed by atoms with Gasteiger partial charge in [-0.25, -0.2) is 0 Å². The van der Waals surface area contributed by atoms with E-state index in [9.17, 15) is 15.3 Å². The molecular formula is C10H21NO3. The van der Waals surface area contributed by atoms with Crippen molar-refractivity contribution < 1.29 is 15.3 Å². The maximum Gasteiger partial charge on any atom is 0.0938 e. The smallest absolute Gasteiger partial charge is 0.0938 e. The summed E-state index contributed by atoms with van der Waals surface area (Å²) in [5.74, 6) is 0. The second-order valence-corrected chi connectivity index (χ2v) is 4.65. The van der Waals surface area contributed by atoms with Gasteiger partial charge in [-0.1, -0.05) is 13.8 Å². The van der Waals surface area contributed by atoms with E-state index in [1.54, 1.807) is 0 Å². The first-order valence-electron chi connectivity index (χ1n) is 5.20. The highest BCUT2D eigenvalue weighted by Crippen LogP contribution is 2.24. The Morgan fingerprint density at radius 2 is 1.79 bits per heavy atom. The minimum Gasteiger partial charge on any atom is -0.396 e. The molecule has 0 aromatic heterocycles. The molecule has 84 valence electrons. The molecular weight excluding hydrogens is 182 g/mol. The number of rotatable bonds is 4. The van der Waals surface area contributed by atoms with Gasteiger partial charge < -0.3 is 15.3 Å². The van der Waals surface area contributed by atoms with Crippen molar-refractivity contribution in [2.45, 2.75) is 32.5 Å². The van der Waals surface area contributed by atoms with Gasteiger partial charge in [0.05, 0.1) is 12.2 Å². The van der Waals surface area contributed by atoms with Crippen LogP contribution < -0.4 is 0 Å². The summed E-state index contributed by atoms with van der Waals surface area (Å²) < 4.78 is 0. The molecule has 0 bridgehead atoms. The average Bonchev–Trinajstić information content (AvgIpc) is 2.45. The zero-order valence-corrected chi connectivity index (χ0v) is 8.98. The van der Waals surface area contributed by atoms with Crippen LogP contribution in [0.2, 0.25) is 0 Å². The molecule has 4 nitrogen and oxygen atoms in total. The average molecular weight is 203 g/mol. The van der Waals surface area contributed by atoms with Crippen LogP contribution in [0.15, 0.2) is 0 Å². The fourth-order valence-electron chi connectivity index (χ4n) is 1.79. The summed E-state index contributed by atoms with van der Waals surface area (Å²) in [5.41, 5.74) is -0.121. The van der Waals surface area contributed by atoms with Crippen LogP contribution in [0.4, 0.5) is 0 Å². The summed E-state index contributed by atoms with van der Waals surface area (Å²) in [6.45, 7) is 5.96. The van der Waals surface area contributed by atoms with Gasteiger partial charge in [0, 0.05) is 31.7 Å². The normalized spacial score (nSPS) is 33.2. The highest BCUT2D eigenvalue weighted by atomic mass is 16.3. The quantitative estimate of drug-likeness (QED) is 0.573. The Morgan fingerprint density at radius 1 is 1.29 bits per heavy atom. The van der Waals surface area contributed by atoms with Gasteiger partial charge in [-0.05, 0) is 6.42 Å².